The number of rotatable bonds is 2. The minimum absolute atomic E-state index is 0.0217. The summed E-state index contributed by atoms with van der Waals surface area (Å²) in [5.41, 5.74) is 0.103. The minimum Gasteiger partial charge on any atom is -0.464 e. The van der Waals surface area contributed by atoms with Crippen LogP contribution in [0.5, 0.6) is 0 Å². The Morgan fingerprint density at radius 3 is 2.94 bits per heavy atom. The van der Waals surface area contributed by atoms with Crippen LogP contribution in [0.4, 0.5) is 0 Å². The molecule has 0 atom stereocenters. The van der Waals surface area contributed by atoms with E-state index in [0.717, 1.165) is 0 Å². The summed E-state index contributed by atoms with van der Waals surface area (Å²) in [6.45, 7) is 0. The van der Waals surface area contributed by atoms with Crippen molar-refractivity contribution in [3.05, 3.63) is 35.8 Å². The van der Waals surface area contributed by atoms with Gasteiger partial charge in [-0.1, -0.05) is 0 Å². The molecule has 0 radical (unpaired) electrons. The number of hydrogen-bond acceptors (Lipinski definition) is 5. The molecule has 6 nitrogen and oxygen atoms in total. The predicted molar refractivity (Wildman–Crippen MR) is 55.5 cm³/mol. The summed E-state index contributed by atoms with van der Waals surface area (Å²) in [6.07, 6.45) is 4.81. The lowest BCUT2D eigenvalue weighted by molar-refractivity contribution is 0.0593. The molecule has 16 heavy (non-hydrogen) atoms. The number of esters is 1. The van der Waals surface area contributed by atoms with E-state index < -0.39 is 5.97 Å². The van der Waals surface area contributed by atoms with Gasteiger partial charge in [0.25, 0.3) is 0 Å². The van der Waals surface area contributed by atoms with Crippen LogP contribution in [0, 0.1) is 0 Å². The smallest absolute Gasteiger partial charge is 0.356 e. The standard InChI is InChI=1S/C9H7ClN4O2/c1-16-8(15)6-4-7(13-9(10)12-6)14-3-2-11-5-14/h2-5H,1H3. The first-order chi connectivity index (χ1) is 7.70. The van der Waals surface area contributed by atoms with Gasteiger partial charge in [0.05, 0.1) is 7.11 Å². The maximum absolute atomic E-state index is 11.3. The first kappa shape index (κ1) is 10.6. The zero-order chi connectivity index (χ0) is 11.5. The molecule has 2 aromatic rings. The van der Waals surface area contributed by atoms with Crippen LogP contribution in [0.2, 0.25) is 5.28 Å². The molecular formula is C9H7ClN4O2. The summed E-state index contributed by atoms with van der Waals surface area (Å²) in [5.74, 6) is -0.108. The van der Waals surface area contributed by atoms with Crippen LogP contribution in [0.25, 0.3) is 5.82 Å². The number of methoxy groups -OCH3 is 1. The lowest BCUT2D eigenvalue weighted by Gasteiger charge is -2.03. The van der Waals surface area contributed by atoms with Crippen LogP contribution in [-0.2, 0) is 4.74 Å². The summed E-state index contributed by atoms with van der Waals surface area (Å²) in [5, 5.41) is -0.0217. The fourth-order valence-corrected chi connectivity index (χ4v) is 1.32. The van der Waals surface area contributed by atoms with Crippen LogP contribution in [0.3, 0.4) is 0 Å². The third kappa shape index (κ3) is 2.01. The molecule has 2 aromatic heterocycles. The Hall–Kier alpha value is -1.95. The maximum atomic E-state index is 11.3. The Kier molecular flexibility index (Phi) is 2.82. The average molecular weight is 239 g/mol. The van der Waals surface area contributed by atoms with E-state index in [4.69, 9.17) is 11.6 Å². The van der Waals surface area contributed by atoms with Gasteiger partial charge in [0.2, 0.25) is 5.28 Å². The average Bonchev–Trinajstić information content (AvgIpc) is 2.80. The van der Waals surface area contributed by atoms with Crippen LogP contribution in [-0.4, -0.2) is 32.6 Å². The first-order valence-electron chi connectivity index (χ1n) is 4.32. The molecule has 0 spiro atoms. The highest BCUT2D eigenvalue weighted by atomic mass is 35.5. The highest BCUT2D eigenvalue weighted by molar-refractivity contribution is 6.28. The second-order valence-electron chi connectivity index (χ2n) is 2.84. The maximum Gasteiger partial charge on any atom is 0.356 e. The molecule has 82 valence electrons. The Labute approximate surface area is 95.9 Å². The van der Waals surface area contributed by atoms with Gasteiger partial charge in [-0.05, 0) is 11.6 Å². The number of ether oxygens (including phenoxy) is 1. The summed E-state index contributed by atoms with van der Waals surface area (Å²) in [4.78, 5) is 22.9. The topological polar surface area (TPSA) is 69.9 Å². The van der Waals surface area contributed by atoms with Gasteiger partial charge in [0, 0.05) is 18.5 Å². The second kappa shape index (κ2) is 4.28. The van der Waals surface area contributed by atoms with Crippen molar-refractivity contribution in [2.45, 2.75) is 0 Å². The van der Waals surface area contributed by atoms with E-state index in [0.29, 0.717) is 5.82 Å². The summed E-state index contributed by atoms with van der Waals surface area (Å²) in [7, 11) is 1.27. The van der Waals surface area contributed by atoms with Crippen molar-refractivity contribution >= 4 is 17.6 Å². The SMILES string of the molecule is COC(=O)c1cc(-n2ccnc2)nc(Cl)n1. The number of carbonyl (C=O) groups is 1. The minimum atomic E-state index is -0.564. The highest BCUT2D eigenvalue weighted by Crippen LogP contribution is 2.10. The molecule has 0 amide bonds. The quantitative estimate of drug-likeness (QED) is 0.579. The van der Waals surface area contributed by atoms with Gasteiger partial charge >= 0.3 is 5.97 Å². The zero-order valence-electron chi connectivity index (χ0n) is 8.29. The molecule has 0 fully saturated rings. The summed E-state index contributed by atoms with van der Waals surface area (Å²) in [6, 6.07) is 1.47. The molecule has 0 saturated heterocycles. The fraction of sp³-hybridized carbons (Fsp3) is 0.111. The van der Waals surface area contributed by atoms with Gasteiger partial charge in [0.1, 0.15) is 12.1 Å². The summed E-state index contributed by atoms with van der Waals surface area (Å²) < 4.78 is 6.16. The van der Waals surface area contributed by atoms with Crippen molar-refractivity contribution in [3.63, 3.8) is 0 Å². The lowest BCUT2D eigenvalue weighted by atomic mass is 10.4. The molecule has 2 rings (SSSR count). The number of imidazole rings is 1. The van der Waals surface area contributed by atoms with Crippen LogP contribution in [0.1, 0.15) is 10.5 Å². The predicted octanol–water partition coefficient (Wildman–Crippen LogP) is 1.10. The Bertz CT molecular complexity index is 512. The van der Waals surface area contributed by atoms with Crippen LogP contribution < -0.4 is 0 Å². The molecule has 0 N–H and O–H groups in total. The molecule has 7 heteroatoms. The molecule has 0 aliphatic rings. The third-order valence-corrected chi connectivity index (χ3v) is 2.02. The number of hydrogen-bond donors (Lipinski definition) is 0. The third-order valence-electron chi connectivity index (χ3n) is 1.85. The van der Waals surface area contributed by atoms with Gasteiger partial charge in [-0.25, -0.2) is 14.8 Å². The van der Waals surface area contributed by atoms with Gasteiger partial charge in [-0.2, -0.15) is 4.98 Å². The fourth-order valence-electron chi connectivity index (χ4n) is 1.14. The largest absolute Gasteiger partial charge is 0.464 e. The number of nitrogens with zero attached hydrogens (tertiary/aromatic N) is 4. The zero-order valence-corrected chi connectivity index (χ0v) is 9.05. The highest BCUT2D eigenvalue weighted by Gasteiger charge is 2.11. The molecule has 0 aliphatic heterocycles. The van der Waals surface area contributed by atoms with E-state index in [-0.39, 0.29) is 11.0 Å². The van der Waals surface area contributed by atoms with Crippen molar-refractivity contribution in [2.75, 3.05) is 7.11 Å². The van der Waals surface area contributed by atoms with E-state index in [1.807, 2.05) is 0 Å². The van der Waals surface area contributed by atoms with E-state index >= 15 is 0 Å². The summed E-state index contributed by atoms with van der Waals surface area (Å²) >= 11 is 5.70. The van der Waals surface area contributed by atoms with E-state index in [1.54, 1.807) is 23.3 Å². The molecule has 0 aliphatic carbocycles. The van der Waals surface area contributed by atoms with Crippen molar-refractivity contribution in [1.82, 2.24) is 19.5 Å². The molecule has 0 unspecified atom stereocenters. The number of halogens is 1. The molecule has 0 saturated carbocycles. The van der Waals surface area contributed by atoms with Crippen LogP contribution in [0.15, 0.2) is 24.8 Å². The van der Waals surface area contributed by atoms with E-state index in [9.17, 15) is 4.79 Å². The molecule has 0 bridgehead atoms. The normalized spacial score (nSPS) is 10.1. The van der Waals surface area contributed by atoms with Gasteiger partial charge in [-0.15, -0.1) is 0 Å². The first-order valence-corrected chi connectivity index (χ1v) is 4.69. The number of carbonyl (C=O) groups excluding carboxylic acids is 1. The van der Waals surface area contributed by atoms with Gasteiger partial charge in [-0.3, -0.25) is 4.57 Å². The van der Waals surface area contributed by atoms with Crippen molar-refractivity contribution < 1.29 is 9.53 Å². The monoisotopic (exact) mass is 238 g/mol. The Morgan fingerprint density at radius 2 is 2.31 bits per heavy atom. The Balaban J connectivity index is 2.48. The van der Waals surface area contributed by atoms with Crippen LogP contribution >= 0.6 is 11.6 Å². The molecule has 2 heterocycles. The van der Waals surface area contributed by atoms with Crippen molar-refractivity contribution in [1.29, 1.82) is 0 Å². The van der Waals surface area contributed by atoms with E-state index in [2.05, 4.69) is 19.7 Å². The van der Waals surface area contributed by atoms with Gasteiger partial charge < -0.3 is 4.74 Å². The van der Waals surface area contributed by atoms with Crippen molar-refractivity contribution in [3.8, 4) is 5.82 Å². The van der Waals surface area contributed by atoms with E-state index in [1.165, 1.54) is 13.2 Å². The second-order valence-corrected chi connectivity index (χ2v) is 3.18. The number of aromatic nitrogens is 4. The Morgan fingerprint density at radius 1 is 1.50 bits per heavy atom. The molecule has 0 aromatic carbocycles. The lowest BCUT2D eigenvalue weighted by Crippen LogP contribution is -2.07. The van der Waals surface area contributed by atoms with Crippen molar-refractivity contribution in [2.24, 2.45) is 0 Å². The molecular weight excluding hydrogens is 232 g/mol. The van der Waals surface area contributed by atoms with Gasteiger partial charge in [0.15, 0.2) is 5.69 Å².